The van der Waals surface area contributed by atoms with Crippen LogP contribution in [0.4, 0.5) is 5.69 Å². The summed E-state index contributed by atoms with van der Waals surface area (Å²) in [6, 6.07) is 11.8. The first-order chi connectivity index (χ1) is 12.1. The molecule has 2 heterocycles. The standard InChI is InChI=1S/C19H19N3OS2/c1-4-13-8-5-6-9-14(13)21-18(23)16-12(2)20-17(22-19(16)24-3)15-10-7-11-25-15/h5-11H,4H2,1-3H3,(H,21,23). The zero-order valence-electron chi connectivity index (χ0n) is 14.4. The Balaban J connectivity index is 1.97. The van der Waals surface area contributed by atoms with Crippen molar-refractivity contribution in [1.82, 2.24) is 9.97 Å². The number of rotatable bonds is 5. The SMILES string of the molecule is CCc1ccccc1NC(=O)c1c(C)nc(-c2cccs2)nc1SC. The maximum atomic E-state index is 12.9. The summed E-state index contributed by atoms with van der Waals surface area (Å²) < 4.78 is 0. The molecule has 0 aliphatic rings. The fraction of sp³-hybridized carbons (Fsp3) is 0.211. The van der Waals surface area contributed by atoms with E-state index in [1.165, 1.54) is 11.8 Å². The minimum absolute atomic E-state index is 0.166. The van der Waals surface area contributed by atoms with Gasteiger partial charge in [-0.3, -0.25) is 4.79 Å². The maximum Gasteiger partial charge on any atom is 0.260 e. The Morgan fingerprint density at radius 3 is 2.68 bits per heavy atom. The van der Waals surface area contributed by atoms with E-state index in [-0.39, 0.29) is 5.91 Å². The Kier molecular flexibility index (Phi) is 5.50. The van der Waals surface area contributed by atoms with Gasteiger partial charge in [0.25, 0.3) is 5.91 Å². The molecule has 3 rings (SSSR count). The molecule has 1 aromatic carbocycles. The Bertz CT molecular complexity index is 892. The number of carbonyl (C=O) groups is 1. The molecule has 2 aromatic heterocycles. The molecule has 25 heavy (non-hydrogen) atoms. The molecule has 0 bridgehead atoms. The molecular weight excluding hydrogens is 350 g/mol. The fourth-order valence-electron chi connectivity index (χ4n) is 2.61. The van der Waals surface area contributed by atoms with Crippen LogP contribution in [-0.4, -0.2) is 22.1 Å². The molecule has 0 aliphatic carbocycles. The van der Waals surface area contributed by atoms with Gasteiger partial charge in [0.05, 0.1) is 16.1 Å². The molecule has 0 aliphatic heterocycles. The van der Waals surface area contributed by atoms with Gasteiger partial charge in [0.2, 0.25) is 0 Å². The van der Waals surface area contributed by atoms with Crippen molar-refractivity contribution in [2.45, 2.75) is 25.3 Å². The quantitative estimate of drug-likeness (QED) is 0.505. The number of nitrogens with one attached hydrogen (secondary N) is 1. The third-order valence-corrected chi connectivity index (χ3v) is 5.41. The van der Waals surface area contributed by atoms with Gasteiger partial charge in [-0.15, -0.1) is 23.1 Å². The summed E-state index contributed by atoms with van der Waals surface area (Å²) in [6.07, 6.45) is 2.79. The van der Waals surface area contributed by atoms with E-state index in [4.69, 9.17) is 0 Å². The molecule has 0 radical (unpaired) electrons. The number of benzene rings is 1. The van der Waals surface area contributed by atoms with Crippen molar-refractivity contribution in [2.24, 2.45) is 0 Å². The lowest BCUT2D eigenvalue weighted by Gasteiger charge is -2.13. The van der Waals surface area contributed by atoms with Gasteiger partial charge in [0.1, 0.15) is 5.03 Å². The van der Waals surface area contributed by atoms with E-state index in [0.717, 1.165) is 22.5 Å². The predicted octanol–water partition coefficient (Wildman–Crippen LogP) is 5.05. The molecule has 128 valence electrons. The summed E-state index contributed by atoms with van der Waals surface area (Å²) in [4.78, 5) is 23.0. The largest absolute Gasteiger partial charge is 0.322 e. The molecule has 0 unspecified atom stereocenters. The topological polar surface area (TPSA) is 54.9 Å². The highest BCUT2D eigenvalue weighted by molar-refractivity contribution is 7.98. The average molecular weight is 370 g/mol. The molecule has 3 aromatic rings. The van der Waals surface area contributed by atoms with Crippen molar-refractivity contribution in [3.63, 3.8) is 0 Å². The number of aromatic nitrogens is 2. The van der Waals surface area contributed by atoms with Crippen LogP contribution in [0.1, 0.15) is 28.5 Å². The van der Waals surface area contributed by atoms with Gasteiger partial charge in [0.15, 0.2) is 5.82 Å². The summed E-state index contributed by atoms with van der Waals surface area (Å²) in [5.41, 5.74) is 3.17. The summed E-state index contributed by atoms with van der Waals surface area (Å²) in [5.74, 6) is 0.503. The van der Waals surface area contributed by atoms with Crippen molar-refractivity contribution in [3.05, 3.63) is 58.6 Å². The second-order valence-electron chi connectivity index (χ2n) is 5.46. The van der Waals surface area contributed by atoms with Gasteiger partial charge in [-0.2, -0.15) is 0 Å². The minimum atomic E-state index is -0.166. The number of carbonyl (C=O) groups excluding carboxylic acids is 1. The highest BCUT2D eigenvalue weighted by Crippen LogP contribution is 2.28. The highest BCUT2D eigenvalue weighted by atomic mass is 32.2. The lowest BCUT2D eigenvalue weighted by Crippen LogP contribution is -2.17. The van der Waals surface area contributed by atoms with E-state index in [9.17, 15) is 4.79 Å². The van der Waals surface area contributed by atoms with Crippen LogP contribution >= 0.6 is 23.1 Å². The zero-order chi connectivity index (χ0) is 17.8. The second-order valence-corrected chi connectivity index (χ2v) is 7.20. The van der Waals surface area contributed by atoms with Crippen LogP contribution in [0, 0.1) is 6.92 Å². The van der Waals surface area contributed by atoms with E-state index in [2.05, 4.69) is 22.2 Å². The van der Waals surface area contributed by atoms with Gasteiger partial charge in [-0.25, -0.2) is 9.97 Å². The van der Waals surface area contributed by atoms with Crippen LogP contribution in [-0.2, 0) is 6.42 Å². The van der Waals surface area contributed by atoms with Crippen LogP contribution in [0.2, 0.25) is 0 Å². The first-order valence-electron chi connectivity index (χ1n) is 7.99. The zero-order valence-corrected chi connectivity index (χ0v) is 16.0. The van der Waals surface area contributed by atoms with Crippen molar-refractivity contribution >= 4 is 34.7 Å². The van der Waals surface area contributed by atoms with E-state index in [0.29, 0.717) is 22.1 Å². The van der Waals surface area contributed by atoms with Gasteiger partial charge in [0, 0.05) is 5.69 Å². The molecule has 0 saturated carbocycles. The van der Waals surface area contributed by atoms with E-state index < -0.39 is 0 Å². The highest BCUT2D eigenvalue weighted by Gasteiger charge is 2.20. The lowest BCUT2D eigenvalue weighted by molar-refractivity contribution is 0.102. The molecule has 0 saturated heterocycles. The summed E-state index contributed by atoms with van der Waals surface area (Å²) in [5, 5.41) is 5.71. The van der Waals surface area contributed by atoms with E-state index >= 15 is 0 Å². The number of anilines is 1. The summed E-state index contributed by atoms with van der Waals surface area (Å²) in [6.45, 7) is 3.93. The first-order valence-corrected chi connectivity index (χ1v) is 10.1. The van der Waals surface area contributed by atoms with Crippen LogP contribution in [0.3, 0.4) is 0 Å². The molecule has 1 N–H and O–H groups in total. The van der Waals surface area contributed by atoms with E-state index in [1.807, 2.05) is 55.0 Å². The Morgan fingerprint density at radius 2 is 2.00 bits per heavy atom. The number of nitrogens with zero attached hydrogens (tertiary/aromatic N) is 2. The van der Waals surface area contributed by atoms with Crippen molar-refractivity contribution in [2.75, 3.05) is 11.6 Å². The van der Waals surface area contributed by atoms with Gasteiger partial charge in [-0.05, 0) is 42.7 Å². The summed E-state index contributed by atoms with van der Waals surface area (Å²) >= 11 is 3.05. The normalized spacial score (nSPS) is 10.7. The minimum Gasteiger partial charge on any atom is -0.322 e. The number of hydrogen-bond acceptors (Lipinski definition) is 5. The number of thioether (sulfide) groups is 1. The van der Waals surface area contributed by atoms with Crippen molar-refractivity contribution in [1.29, 1.82) is 0 Å². The molecule has 6 heteroatoms. The molecule has 0 atom stereocenters. The third-order valence-electron chi connectivity index (χ3n) is 3.87. The van der Waals surface area contributed by atoms with Crippen molar-refractivity contribution < 1.29 is 4.79 Å². The number of aryl methyl sites for hydroxylation is 2. The van der Waals surface area contributed by atoms with Crippen LogP contribution in [0.25, 0.3) is 10.7 Å². The van der Waals surface area contributed by atoms with Crippen LogP contribution < -0.4 is 5.32 Å². The summed E-state index contributed by atoms with van der Waals surface area (Å²) in [7, 11) is 0. The van der Waals surface area contributed by atoms with Crippen molar-refractivity contribution in [3.8, 4) is 10.7 Å². The second kappa shape index (κ2) is 7.80. The first kappa shape index (κ1) is 17.6. The predicted molar refractivity (Wildman–Crippen MR) is 106 cm³/mol. The molecule has 4 nitrogen and oxygen atoms in total. The average Bonchev–Trinajstić information content (AvgIpc) is 3.16. The van der Waals surface area contributed by atoms with Gasteiger partial charge < -0.3 is 5.32 Å². The monoisotopic (exact) mass is 369 g/mol. The van der Waals surface area contributed by atoms with Crippen LogP contribution in [0.5, 0.6) is 0 Å². The molecule has 0 spiro atoms. The maximum absolute atomic E-state index is 12.9. The Hall–Kier alpha value is -2.18. The number of hydrogen-bond donors (Lipinski definition) is 1. The number of thiophene rings is 1. The molecular formula is C19H19N3OS2. The molecule has 0 fully saturated rings. The molecule has 1 amide bonds. The Labute approximate surface area is 155 Å². The van der Waals surface area contributed by atoms with Crippen LogP contribution in [0.15, 0.2) is 46.8 Å². The van der Waals surface area contributed by atoms with E-state index in [1.54, 1.807) is 11.3 Å². The number of para-hydroxylation sites is 1. The smallest absolute Gasteiger partial charge is 0.260 e. The lowest BCUT2D eigenvalue weighted by atomic mass is 10.1. The van der Waals surface area contributed by atoms with Gasteiger partial charge in [-0.1, -0.05) is 31.2 Å². The number of amides is 1. The third kappa shape index (κ3) is 3.75. The Morgan fingerprint density at radius 1 is 1.20 bits per heavy atom. The fourth-order valence-corrected chi connectivity index (χ4v) is 3.89. The van der Waals surface area contributed by atoms with Gasteiger partial charge >= 0.3 is 0 Å².